The van der Waals surface area contributed by atoms with Gasteiger partial charge in [0.25, 0.3) is 5.56 Å². The van der Waals surface area contributed by atoms with Gasteiger partial charge in [-0.2, -0.15) is 0 Å². The number of fused-ring (bicyclic) bond motifs is 1. The molecule has 2 rings (SSSR count). The van der Waals surface area contributed by atoms with E-state index in [0.29, 0.717) is 11.2 Å². The molecule has 9 heteroatoms. The maximum absolute atomic E-state index is 12.0. The third-order valence-corrected chi connectivity index (χ3v) is 2.47. The first kappa shape index (κ1) is 11.0. The highest BCUT2D eigenvalue weighted by Gasteiger charge is 2.13. The van der Waals surface area contributed by atoms with Crippen LogP contribution in [0.3, 0.4) is 0 Å². The van der Waals surface area contributed by atoms with E-state index >= 15 is 0 Å². The molecule has 0 atom stereocenters. The summed E-state index contributed by atoms with van der Waals surface area (Å²) < 4.78 is 3.62. The quantitative estimate of drug-likeness (QED) is 0.404. The SMILES string of the molecule is Cn1cnc2c1c(=O)n(CN=[N+]=[N-])c(=O)n2C. The van der Waals surface area contributed by atoms with Crippen molar-refractivity contribution in [3.05, 3.63) is 37.6 Å². The second-order valence-corrected chi connectivity index (χ2v) is 3.47. The van der Waals surface area contributed by atoms with Crippen LogP contribution in [0.4, 0.5) is 0 Å². The van der Waals surface area contributed by atoms with Crippen molar-refractivity contribution in [2.75, 3.05) is 0 Å². The summed E-state index contributed by atoms with van der Waals surface area (Å²) >= 11 is 0. The first-order chi connectivity index (χ1) is 8.07. The fourth-order valence-corrected chi connectivity index (χ4v) is 1.61. The van der Waals surface area contributed by atoms with Crippen molar-refractivity contribution in [2.45, 2.75) is 6.67 Å². The average molecular weight is 235 g/mol. The van der Waals surface area contributed by atoms with Crippen LogP contribution >= 0.6 is 0 Å². The first-order valence-corrected chi connectivity index (χ1v) is 4.69. The minimum atomic E-state index is -0.561. The molecule has 9 nitrogen and oxygen atoms in total. The molecule has 0 spiro atoms. The molecule has 0 saturated heterocycles. The normalized spacial score (nSPS) is 10.5. The largest absolute Gasteiger partial charge is 0.332 e. The van der Waals surface area contributed by atoms with Crippen molar-refractivity contribution in [3.8, 4) is 0 Å². The molecular weight excluding hydrogens is 226 g/mol. The van der Waals surface area contributed by atoms with E-state index in [1.165, 1.54) is 22.5 Å². The lowest BCUT2D eigenvalue weighted by molar-refractivity contribution is 0.617. The molecular formula is C8H9N7O2. The lowest BCUT2D eigenvalue weighted by Gasteiger charge is -2.05. The molecule has 17 heavy (non-hydrogen) atoms. The molecule has 0 unspecified atom stereocenters. The van der Waals surface area contributed by atoms with Gasteiger partial charge in [-0.1, -0.05) is 5.11 Å². The fraction of sp³-hybridized carbons (Fsp3) is 0.375. The Morgan fingerprint density at radius 1 is 1.47 bits per heavy atom. The van der Waals surface area contributed by atoms with Crippen LogP contribution in [0, 0.1) is 0 Å². The van der Waals surface area contributed by atoms with Gasteiger partial charge in [0.15, 0.2) is 11.2 Å². The summed E-state index contributed by atoms with van der Waals surface area (Å²) in [5, 5.41) is 3.23. The Bertz CT molecular complexity index is 744. The zero-order valence-corrected chi connectivity index (χ0v) is 9.23. The Hall–Kier alpha value is -2.54. The number of rotatable bonds is 2. The van der Waals surface area contributed by atoms with Gasteiger partial charge in [0.05, 0.1) is 6.33 Å². The molecule has 0 radical (unpaired) electrons. The summed E-state index contributed by atoms with van der Waals surface area (Å²) in [6, 6.07) is 0. The van der Waals surface area contributed by atoms with E-state index in [9.17, 15) is 9.59 Å². The second-order valence-electron chi connectivity index (χ2n) is 3.47. The predicted octanol–water partition coefficient (Wildman–Crippen LogP) is -0.299. The monoisotopic (exact) mass is 235 g/mol. The lowest BCUT2D eigenvalue weighted by atomic mass is 10.5. The van der Waals surface area contributed by atoms with E-state index in [2.05, 4.69) is 15.0 Å². The molecule has 0 saturated carbocycles. The highest BCUT2D eigenvalue weighted by atomic mass is 16.2. The molecule has 0 bridgehead atoms. The van der Waals surface area contributed by atoms with Gasteiger partial charge in [0, 0.05) is 19.0 Å². The molecule has 0 N–H and O–H groups in total. The van der Waals surface area contributed by atoms with E-state index in [1.54, 1.807) is 7.05 Å². The van der Waals surface area contributed by atoms with Crippen LogP contribution in [0.25, 0.3) is 21.6 Å². The standard InChI is InChI=1S/C8H9N7O2/c1-13-3-10-6-5(13)7(16)15(4-11-12-9)8(17)14(6)2/h3H,4H2,1-2H3. The number of imidazole rings is 1. The number of aryl methyl sites for hydroxylation is 2. The van der Waals surface area contributed by atoms with Crippen molar-refractivity contribution in [3.63, 3.8) is 0 Å². The first-order valence-electron chi connectivity index (χ1n) is 4.69. The third-order valence-electron chi connectivity index (χ3n) is 2.47. The highest BCUT2D eigenvalue weighted by molar-refractivity contribution is 5.69. The smallest absolute Gasteiger partial charge is 0.328 e. The summed E-state index contributed by atoms with van der Waals surface area (Å²) in [4.78, 5) is 30.3. The van der Waals surface area contributed by atoms with Gasteiger partial charge in [-0.15, -0.1) is 0 Å². The molecule has 88 valence electrons. The van der Waals surface area contributed by atoms with Crippen LogP contribution in [0.15, 0.2) is 21.0 Å². The molecule has 2 aromatic heterocycles. The van der Waals surface area contributed by atoms with Crippen molar-refractivity contribution < 1.29 is 0 Å². The van der Waals surface area contributed by atoms with E-state index < -0.39 is 11.2 Å². The van der Waals surface area contributed by atoms with Gasteiger partial charge in [-0.3, -0.25) is 13.9 Å². The third kappa shape index (κ3) is 1.49. The minimum Gasteiger partial charge on any atom is -0.328 e. The lowest BCUT2D eigenvalue weighted by Crippen LogP contribution is -2.39. The number of aromatic nitrogens is 4. The summed E-state index contributed by atoms with van der Waals surface area (Å²) in [5.74, 6) is 0. The molecule has 2 heterocycles. The molecule has 0 aliphatic rings. The van der Waals surface area contributed by atoms with Gasteiger partial charge in [0.1, 0.15) is 6.67 Å². The van der Waals surface area contributed by atoms with E-state index in [4.69, 9.17) is 5.53 Å². The van der Waals surface area contributed by atoms with Gasteiger partial charge < -0.3 is 4.57 Å². The van der Waals surface area contributed by atoms with Crippen LogP contribution in [0.5, 0.6) is 0 Å². The molecule has 0 amide bonds. The van der Waals surface area contributed by atoms with E-state index in [1.807, 2.05) is 0 Å². The topological polar surface area (TPSA) is 111 Å². The number of azide groups is 1. The predicted molar refractivity (Wildman–Crippen MR) is 59.4 cm³/mol. The fourth-order valence-electron chi connectivity index (χ4n) is 1.61. The highest BCUT2D eigenvalue weighted by Crippen LogP contribution is 2.02. The van der Waals surface area contributed by atoms with Gasteiger partial charge >= 0.3 is 5.69 Å². The summed E-state index contributed by atoms with van der Waals surface area (Å²) in [5.41, 5.74) is 7.74. The Morgan fingerprint density at radius 2 is 2.18 bits per heavy atom. The van der Waals surface area contributed by atoms with Crippen molar-refractivity contribution in [2.24, 2.45) is 19.2 Å². The van der Waals surface area contributed by atoms with Crippen molar-refractivity contribution in [1.82, 2.24) is 18.7 Å². The van der Waals surface area contributed by atoms with Crippen LogP contribution in [-0.4, -0.2) is 18.7 Å². The Balaban J connectivity index is 2.94. The summed E-state index contributed by atoms with van der Waals surface area (Å²) in [7, 11) is 3.16. The van der Waals surface area contributed by atoms with E-state index in [-0.39, 0.29) is 6.67 Å². The average Bonchev–Trinajstić information content (AvgIpc) is 2.69. The number of hydrogen-bond acceptors (Lipinski definition) is 4. The molecule has 2 aromatic rings. The maximum atomic E-state index is 12.0. The van der Waals surface area contributed by atoms with Gasteiger partial charge in [-0.25, -0.2) is 9.78 Å². The van der Waals surface area contributed by atoms with Gasteiger partial charge in [0.2, 0.25) is 0 Å². The zero-order valence-electron chi connectivity index (χ0n) is 9.23. The number of nitrogens with zero attached hydrogens (tertiary/aromatic N) is 7. The minimum absolute atomic E-state index is 0.292. The summed E-state index contributed by atoms with van der Waals surface area (Å²) in [6.45, 7) is -0.330. The van der Waals surface area contributed by atoms with Gasteiger partial charge in [-0.05, 0) is 5.53 Å². The van der Waals surface area contributed by atoms with Crippen LogP contribution in [-0.2, 0) is 20.8 Å². The Kier molecular flexibility index (Phi) is 2.45. The van der Waals surface area contributed by atoms with Crippen molar-refractivity contribution in [1.29, 1.82) is 0 Å². The molecule has 0 aromatic carbocycles. The molecule has 0 aliphatic heterocycles. The molecule has 0 aliphatic carbocycles. The van der Waals surface area contributed by atoms with Crippen LogP contribution in [0.2, 0.25) is 0 Å². The maximum Gasteiger partial charge on any atom is 0.332 e. The Labute approximate surface area is 94.2 Å². The molecule has 0 fully saturated rings. The van der Waals surface area contributed by atoms with Crippen LogP contribution < -0.4 is 11.2 Å². The Morgan fingerprint density at radius 3 is 2.82 bits per heavy atom. The zero-order chi connectivity index (χ0) is 12.6. The van der Waals surface area contributed by atoms with E-state index in [0.717, 1.165) is 4.57 Å². The summed E-state index contributed by atoms with van der Waals surface area (Å²) in [6.07, 6.45) is 1.45. The van der Waals surface area contributed by atoms with Crippen molar-refractivity contribution >= 4 is 11.2 Å². The second kappa shape index (κ2) is 3.80. The number of hydrogen-bond donors (Lipinski definition) is 0. The van der Waals surface area contributed by atoms with Crippen LogP contribution in [0.1, 0.15) is 0 Å².